The molecule has 2 nitrogen and oxygen atoms in total. The Kier molecular flexibility index (Phi) is 11.7. The summed E-state index contributed by atoms with van der Waals surface area (Å²) >= 11 is 1.42. The smallest absolute Gasteiger partial charge is 0.189 e. The van der Waals surface area contributed by atoms with Crippen molar-refractivity contribution in [3.05, 3.63) is 29.8 Å². The number of halogens is 2. The first-order chi connectivity index (χ1) is 7.63. The summed E-state index contributed by atoms with van der Waals surface area (Å²) in [4.78, 5) is 13.4. The van der Waals surface area contributed by atoms with Gasteiger partial charge in [0.15, 0.2) is 5.12 Å². The second-order valence-corrected chi connectivity index (χ2v) is 5.00. The van der Waals surface area contributed by atoms with Crippen LogP contribution in [0.4, 0.5) is 5.69 Å². The van der Waals surface area contributed by atoms with Gasteiger partial charge in [-0.05, 0) is 24.1 Å². The summed E-state index contributed by atoms with van der Waals surface area (Å²) in [6.07, 6.45) is 1.62. The number of hydrogen-bond acceptors (Lipinski definition) is 3. The van der Waals surface area contributed by atoms with E-state index in [4.69, 9.17) is 0 Å². The van der Waals surface area contributed by atoms with Crippen molar-refractivity contribution in [2.24, 2.45) is 0 Å². The molecule has 1 aromatic rings. The van der Waals surface area contributed by atoms with Gasteiger partial charge in [0.1, 0.15) is 0 Å². The van der Waals surface area contributed by atoms with Crippen molar-refractivity contribution in [3.8, 4) is 0 Å². The Morgan fingerprint density at radius 1 is 1.17 bits per heavy atom. The maximum absolute atomic E-state index is 11.3. The van der Waals surface area contributed by atoms with E-state index >= 15 is 0 Å². The predicted octanol–water partition coefficient (Wildman–Crippen LogP) is 4.16. The van der Waals surface area contributed by atoms with Crippen LogP contribution in [0.5, 0.6) is 0 Å². The van der Waals surface area contributed by atoms with Crippen LogP contribution in [0, 0.1) is 0 Å². The number of carbonyl (C=O) groups excluding carboxylic acids is 1. The van der Waals surface area contributed by atoms with Gasteiger partial charge in [-0.1, -0.05) is 30.8 Å². The summed E-state index contributed by atoms with van der Waals surface area (Å²) in [7, 11) is 4.04. The Morgan fingerprint density at radius 2 is 1.72 bits per heavy atom. The zero-order chi connectivity index (χ0) is 12.0. The highest BCUT2D eigenvalue weighted by Crippen LogP contribution is 2.18. The van der Waals surface area contributed by atoms with Gasteiger partial charge in [0.05, 0.1) is 0 Å². The van der Waals surface area contributed by atoms with Gasteiger partial charge in [0.2, 0.25) is 0 Å². The van der Waals surface area contributed by atoms with E-state index in [-0.39, 0.29) is 24.8 Å². The molecule has 0 N–H and O–H groups in total. The summed E-state index contributed by atoms with van der Waals surface area (Å²) in [5, 5.41) is 0.291. The zero-order valence-corrected chi connectivity index (χ0v) is 13.5. The molecule has 0 saturated heterocycles. The molecule has 0 unspecified atom stereocenters. The molecule has 104 valence electrons. The van der Waals surface area contributed by atoms with Crippen molar-refractivity contribution < 1.29 is 4.79 Å². The zero-order valence-electron chi connectivity index (χ0n) is 11.0. The van der Waals surface area contributed by atoms with Crippen molar-refractivity contribution in [3.63, 3.8) is 0 Å². The van der Waals surface area contributed by atoms with Crippen LogP contribution in [-0.4, -0.2) is 19.2 Å². The average Bonchev–Trinajstić information content (AvgIpc) is 2.27. The van der Waals surface area contributed by atoms with Crippen molar-refractivity contribution >= 4 is 47.4 Å². The van der Waals surface area contributed by atoms with Crippen LogP contribution in [0.1, 0.15) is 25.3 Å². The van der Waals surface area contributed by atoms with E-state index in [1.807, 2.05) is 21.0 Å². The molecular weight excluding hydrogens is 289 g/mol. The second-order valence-electron chi connectivity index (χ2n) is 3.97. The lowest BCUT2D eigenvalue weighted by molar-refractivity contribution is -0.111. The van der Waals surface area contributed by atoms with Gasteiger partial charge >= 0.3 is 0 Å². The van der Waals surface area contributed by atoms with E-state index < -0.39 is 0 Å². The van der Waals surface area contributed by atoms with E-state index in [2.05, 4.69) is 29.2 Å². The number of rotatable bonds is 5. The normalized spacial score (nSPS) is 9.06. The molecule has 0 radical (unpaired) electrons. The number of anilines is 1. The van der Waals surface area contributed by atoms with Gasteiger partial charge < -0.3 is 4.90 Å². The molecule has 0 bridgehead atoms. The first kappa shape index (κ1) is 19.9. The van der Waals surface area contributed by atoms with Gasteiger partial charge in [-0.3, -0.25) is 4.79 Å². The molecule has 0 amide bonds. The van der Waals surface area contributed by atoms with Crippen molar-refractivity contribution in [2.45, 2.75) is 25.5 Å². The standard InChI is InChI=1S/C13H19NOS.2ClH/c1-4-5-13(15)16-10-11-6-8-12(9-7-11)14(2)3;;/h6-9H,4-5,10H2,1-3H3;2*1H. The van der Waals surface area contributed by atoms with Crippen molar-refractivity contribution in [2.75, 3.05) is 19.0 Å². The third-order valence-corrected chi connectivity index (χ3v) is 3.31. The van der Waals surface area contributed by atoms with E-state index in [0.717, 1.165) is 12.2 Å². The van der Waals surface area contributed by atoms with Crippen LogP contribution < -0.4 is 4.90 Å². The lowest BCUT2D eigenvalue weighted by atomic mass is 10.2. The van der Waals surface area contributed by atoms with Crippen molar-refractivity contribution in [1.29, 1.82) is 0 Å². The molecule has 0 aliphatic rings. The molecule has 5 heteroatoms. The first-order valence-corrected chi connectivity index (χ1v) is 6.54. The first-order valence-electron chi connectivity index (χ1n) is 5.55. The summed E-state index contributed by atoms with van der Waals surface area (Å²) < 4.78 is 0. The minimum atomic E-state index is 0. The average molecular weight is 310 g/mol. The molecule has 18 heavy (non-hydrogen) atoms. The number of nitrogens with zero attached hydrogens (tertiary/aromatic N) is 1. The Bertz CT molecular complexity index is 341. The molecule has 1 rings (SSSR count). The summed E-state index contributed by atoms with van der Waals surface area (Å²) in [6.45, 7) is 2.03. The topological polar surface area (TPSA) is 20.3 Å². The van der Waals surface area contributed by atoms with Crippen LogP contribution in [0.3, 0.4) is 0 Å². The van der Waals surface area contributed by atoms with Gasteiger partial charge in [-0.15, -0.1) is 24.8 Å². The third kappa shape index (κ3) is 7.14. The van der Waals surface area contributed by atoms with Gasteiger partial charge in [0.25, 0.3) is 0 Å². The lowest BCUT2D eigenvalue weighted by Crippen LogP contribution is -2.08. The Labute approximate surface area is 126 Å². The Morgan fingerprint density at radius 3 is 2.17 bits per heavy atom. The van der Waals surface area contributed by atoms with E-state index in [9.17, 15) is 4.79 Å². The van der Waals surface area contributed by atoms with Crippen LogP contribution in [0.25, 0.3) is 0 Å². The number of thioether (sulfide) groups is 1. The highest BCUT2D eigenvalue weighted by Gasteiger charge is 2.02. The highest BCUT2D eigenvalue weighted by molar-refractivity contribution is 8.12. The van der Waals surface area contributed by atoms with Gasteiger partial charge in [-0.2, -0.15) is 0 Å². The van der Waals surface area contributed by atoms with Crippen LogP contribution >= 0.6 is 36.6 Å². The quantitative estimate of drug-likeness (QED) is 0.814. The SMILES string of the molecule is CCCC(=O)SCc1ccc(N(C)C)cc1.Cl.Cl. The molecule has 0 heterocycles. The largest absolute Gasteiger partial charge is 0.378 e. The lowest BCUT2D eigenvalue weighted by Gasteiger charge is -2.12. The molecule has 1 aromatic carbocycles. The van der Waals surface area contributed by atoms with Crippen LogP contribution in [0.2, 0.25) is 0 Å². The van der Waals surface area contributed by atoms with E-state index in [1.165, 1.54) is 23.0 Å². The predicted molar refractivity (Wildman–Crippen MR) is 86.5 cm³/mol. The highest BCUT2D eigenvalue weighted by atomic mass is 35.5. The molecule has 0 aliphatic heterocycles. The number of benzene rings is 1. The molecule has 0 saturated carbocycles. The maximum Gasteiger partial charge on any atom is 0.189 e. The second kappa shape index (κ2) is 10.5. The van der Waals surface area contributed by atoms with Gasteiger partial charge in [0, 0.05) is 32.0 Å². The van der Waals surface area contributed by atoms with Crippen LogP contribution in [-0.2, 0) is 10.5 Å². The molecule has 0 fully saturated rings. The Balaban J connectivity index is 0. The minimum Gasteiger partial charge on any atom is -0.378 e. The molecular formula is C13H21Cl2NOS. The van der Waals surface area contributed by atoms with Crippen LogP contribution in [0.15, 0.2) is 24.3 Å². The Hall–Kier alpha value is -0.380. The van der Waals surface area contributed by atoms with Crippen molar-refractivity contribution in [1.82, 2.24) is 0 Å². The maximum atomic E-state index is 11.3. The van der Waals surface area contributed by atoms with E-state index in [0.29, 0.717) is 11.5 Å². The number of hydrogen-bond donors (Lipinski definition) is 0. The fraction of sp³-hybridized carbons (Fsp3) is 0.462. The van der Waals surface area contributed by atoms with E-state index in [1.54, 1.807) is 0 Å². The summed E-state index contributed by atoms with van der Waals surface area (Å²) in [5.41, 5.74) is 2.40. The fourth-order valence-electron chi connectivity index (χ4n) is 1.33. The fourth-order valence-corrected chi connectivity index (χ4v) is 2.20. The monoisotopic (exact) mass is 309 g/mol. The third-order valence-electron chi connectivity index (χ3n) is 2.31. The van der Waals surface area contributed by atoms with Gasteiger partial charge in [-0.25, -0.2) is 0 Å². The molecule has 0 atom stereocenters. The molecule has 0 aromatic heterocycles. The molecule has 0 spiro atoms. The molecule has 0 aliphatic carbocycles. The minimum absolute atomic E-state index is 0. The number of carbonyl (C=O) groups is 1. The summed E-state index contributed by atoms with van der Waals surface area (Å²) in [6, 6.07) is 8.34. The summed E-state index contributed by atoms with van der Waals surface area (Å²) in [5.74, 6) is 0.784.